The minimum Gasteiger partial charge on any atom is -0.123 e. The Balaban J connectivity index is 2.75. The summed E-state index contributed by atoms with van der Waals surface area (Å²) in [5.74, 6) is 0. The normalized spacial score (nSPS) is 16.3. The number of hydrogen-bond donors (Lipinski definition) is 0. The smallest absolute Gasteiger partial charge is 0.102 e. The monoisotopic (exact) mass is 102 g/mol. The van der Waals surface area contributed by atoms with Gasteiger partial charge in [-0.05, 0) is 12.3 Å². The number of rotatable bonds is 2. The van der Waals surface area contributed by atoms with Crippen LogP contribution in [0.4, 0.5) is 0 Å². The molecular formula is C4H12BP. The maximum absolute atomic E-state index is 2.29. The van der Waals surface area contributed by atoms with Crippen LogP contribution < -0.4 is 0 Å². The lowest BCUT2D eigenvalue weighted by atomic mass is 10.0. The minimum atomic E-state index is 0.963. The maximum atomic E-state index is 2.29. The van der Waals surface area contributed by atoms with Crippen molar-refractivity contribution >= 4 is 16.4 Å². The zero-order valence-corrected chi connectivity index (χ0v) is 5.78. The largest absolute Gasteiger partial charge is 0.123 e. The standard InChI is InChI=1S/C4H12BP/c1-4(3-5)6-2/h4,6H,3,5H2,1-2H3. The van der Waals surface area contributed by atoms with Crippen molar-refractivity contribution in [3.8, 4) is 0 Å². The Morgan fingerprint density at radius 1 is 1.83 bits per heavy atom. The van der Waals surface area contributed by atoms with Crippen molar-refractivity contribution in [3.05, 3.63) is 0 Å². The van der Waals surface area contributed by atoms with E-state index in [0.717, 1.165) is 14.2 Å². The van der Waals surface area contributed by atoms with E-state index in [9.17, 15) is 0 Å². The first kappa shape index (κ1) is 6.49. The molecule has 0 radical (unpaired) electrons. The van der Waals surface area contributed by atoms with Crippen molar-refractivity contribution in [1.82, 2.24) is 0 Å². The fraction of sp³-hybridized carbons (Fsp3) is 1.00. The fourth-order valence-electron chi connectivity index (χ4n) is 0.204. The third kappa shape index (κ3) is 2.72. The molecule has 0 N–H and O–H groups in total. The molecule has 6 heavy (non-hydrogen) atoms. The van der Waals surface area contributed by atoms with Gasteiger partial charge in [-0.25, -0.2) is 0 Å². The maximum Gasteiger partial charge on any atom is 0.102 e. The summed E-state index contributed by atoms with van der Waals surface area (Å²) in [5, 5.41) is 0. The molecule has 2 unspecified atom stereocenters. The fourth-order valence-corrected chi connectivity index (χ4v) is 0.612. The predicted octanol–water partition coefficient (Wildman–Crippen LogP) is 0.735. The molecule has 0 aliphatic carbocycles. The molecule has 0 aromatic carbocycles. The molecule has 0 aliphatic rings. The predicted molar refractivity (Wildman–Crippen MR) is 37.1 cm³/mol. The molecule has 0 bridgehead atoms. The summed E-state index contributed by atoms with van der Waals surface area (Å²) in [6.45, 7) is 4.55. The molecule has 0 aromatic rings. The number of hydrogen-bond acceptors (Lipinski definition) is 0. The molecular weight excluding hydrogens is 89.8 g/mol. The van der Waals surface area contributed by atoms with Gasteiger partial charge in [0.05, 0.1) is 0 Å². The summed E-state index contributed by atoms with van der Waals surface area (Å²) in [6, 6.07) is 0. The Morgan fingerprint density at radius 3 is 2.33 bits per heavy atom. The first-order valence-corrected chi connectivity index (χ1v) is 4.06. The van der Waals surface area contributed by atoms with Crippen molar-refractivity contribution in [1.29, 1.82) is 0 Å². The van der Waals surface area contributed by atoms with E-state index in [4.69, 9.17) is 0 Å². The molecule has 0 aliphatic heterocycles. The van der Waals surface area contributed by atoms with Crippen LogP contribution in [0.15, 0.2) is 0 Å². The third-order valence-electron chi connectivity index (χ3n) is 1.11. The molecule has 0 nitrogen and oxygen atoms in total. The highest BCUT2D eigenvalue weighted by atomic mass is 31.1. The first-order valence-electron chi connectivity index (χ1n) is 2.48. The summed E-state index contributed by atoms with van der Waals surface area (Å²) in [4.78, 5) is 0. The van der Waals surface area contributed by atoms with Gasteiger partial charge in [-0.3, -0.25) is 0 Å². The van der Waals surface area contributed by atoms with Crippen LogP contribution in [0.2, 0.25) is 6.32 Å². The molecule has 36 valence electrons. The average molecular weight is 102 g/mol. The highest BCUT2D eigenvalue weighted by molar-refractivity contribution is 7.38. The van der Waals surface area contributed by atoms with Gasteiger partial charge in [-0.2, -0.15) is 0 Å². The Labute approximate surface area is 42.9 Å². The van der Waals surface area contributed by atoms with Gasteiger partial charge in [0.25, 0.3) is 0 Å². The highest BCUT2D eigenvalue weighted by Gasteiger charge is 1.88. The molecule has 0 rings (SSSR count). The van der Waals surface area contributed by atoms with Crippen LogP contribution in [0.5, 0.6) is 0 Å². The van der Waals surface area contributed by atoms with E-state index >= 15 is 0 Å². The van der Waals surface area contributed by atoms with Gasteiger partial charge < -0.3 is 0 Å². The van der Waals surface area contributed by atoms with Crippen molar-refractivity contribution in [2.24, 2.45) is 0 Å². The van der Waals surface area contributed by atoms with E-state index in [1.165, 1.54) is 6.32 Å². The van der Waals surface area contributed by atoms with Gasteiger partial charge in [-0.15, -0.1) is 8.58 Å². The molecule has 0 saturated carbocycles. The van der Waals surface area contributed by atoms with E-state index in [-0.39, 0.29) is 0 Å². The van der Waals surface area contributed by atoms with Crippen LogP contribution in [-0.4, -0.2) is 20.2 Å². The Bertz CT molecular complexity index is 26.7. The highest BCUT2D eigenvalue weighted by Crippen LogP contribution is 2.14. The zero-order valence-electron chi connectivity index (χ0n) is 4.78. The van der Waals surface area contributed by atoms with E-state index in [0.29, 0.717) is 0 Å². The lowest BCUT2D eigenvalue weighted by molar-refractivity contribution is 1.10. The van der Waals surface area contributed by atoms with Crippen LogP contribution in [0.1, 0.15) is 6.92 Å². The SMILES string of the molecule is BCC(C)PC. The van der Waals surface area contributed by atoms with Crippen LogP contribution in [-0.2, 0) is 0 Å². The van der Waals surface area contributed by atoms with Crippen molar-refractivity contribution < 1.29 is 0 Å². The van der Waals surface area contributed by atoms with Gasteiger partial charge in [0.15, 0.2) is 0 Å². The van der Waals surface area contributed by atoms with Gasteiger partial charge in [0.1, 0.15) is 7.85 Å². The quantitative estimate of drug-likeness (QED) is 0.356. The van der Waals surface area contributed by atoms with Gasteiger partial charge in [0.2, 0.25) is 0 Å². The van der Waals surface area contributed by atoms with E-state index in [1.807, 2.05) is 0 Å². The molecule has 0 saturated heterocycles. The first-order chi connectivity index (χ1) is 2.81. The summed E-state index contributed by atoms with van der Waals surface area (Å²) in [5.41, 5.74) is 0.963. The summed E-state index contributed by atoms with van der Waals surface area (Å²) < 4.78 is 0. The molecule has 2 atom stereocenters. The lowest BCUT2D eigenvalue weighted by Gasteiger charge is -1.99. The van der Waals surface area contributed by atoms with Crippen LogP contribution in [0, 0.1) is 0 Å². The van der Waals surface area contributed by atoms with Gasteiger partial charge in [0, 0.05) is 0 Å². The molecule has 0 heterocycles. The van der Waals surface area contributed by atoms with Crippen molar-refractivity contribution in [2.45, 2.75) is 18.9 Å². The molecule has 0 fully saturated rings. The second-order valence-corrected chi connectivity index (χ2v) is 3.16. The topological polar surface area (TPSA) is 0 Å². The molecule has 0 amide bonds. The average Bonchev–Trinajstić information content (AvgIpc) is 1.65. The molecule has 0 aromatic heterocycles. The Kier molecular flexibility index (Phi) is 3.98. The van der Waals surface area contributed by atoms with Crippen molar-refractivity contribution in [2.75, 3.05) is 6.66 Å². The van der Waals surface area contributed by atoms with Crippen LogP contribution in [0.3, 0.4) is 0 Å². The van der Waals surface area contributed by atoms with Gasteiger partial charge >= 0.3 is 0 Å². The Morgan fingerprint density at radius 2 is 2.33 bits per heavy atom. The van der Waals surface area contributed by atoms with Crippen LogP contribution in [0.25, 0.3) is 0 Å². The Hall–Kier alpha value is 0.495. The van der Waals surface area contributed by atoms with Crippen molar-refractivity contribution in [3.63, 3.8) is 0 Å². The summed E-state index contributed by atoms with van der Waals surface area (Å²) in [7, 11) is 3.37. The second-order valence-electron chi connectivity index (χ2n) is 1.60. The van der Waals surface area contributed by atoms with E-state index in [2.05, 4.69) is 21.4 Å². The summed E-state index contributed by atoms with van der Waals surface area (Å²) in [6.07, 6.45) is 1.34. The third-order valence-corrected chi connectivity index (χ3v) is 2.50. The van der Waals surface area contributed by atoms with Gasteiger partial charge in [-0.1, -0.05) is 13.2 Å². The summed E-state index contributed by atoms with van der Waals surface area (Å²) >= 11 is 0. The lowest BCUT2D eigenvalue weighted by Crippen LogP contribution is -1.87. The van der Waals surface area contributed by atoms with E-state index in [1.54, 1.807) is 0 Å². The minimum absolute atomic E-state index is 0.963. The zero-order chi connectivity index (χ0) is 4.99. The molecule has 0 spiro atoms. The molecule has 2 heteroatoms. The van der Waals surface area contributed by atoms with Crippen LogP contribution >= 0.6 is 8.58 Å². The van der Waals surface area contributed by atoms with E-state index < -0.39 is 0 Å². The second kappa shape index (κ2) is 3.68.